The van der Waals surface area contributed by atoms with Gasteiger partial charge in [0.15, 0.2) is 0 Å². The van der Waals surface area contributed by atoms with E-state index >= 15 is 0 Å². The second kappa shape index (κ2) is 5.15. The summed E-state index contributed by atoms with van der Waals surface area (Å²) < 4.78 is 23.3. The molecule has 0 aliphatic carbocycles. The Morgan fingerprint density at radius 1 is 1.00 bits per heavy atom. The number of nitrogens with one attached hydrogen (secondary N) is 1. The quantitative estimate of drug-likeness (QED) is 0.755. The van der Waals surface area contributed by atoms with Gasteiger partial charge in [0.2, 0.25) is 10.0 Å². The third kappa shape index (κ3) is 3.09. The summed E-state index contributed by atoms with van der Waals surface area (Å²) in [4.78, 5) is -0.0154. The number of nitrogen functional groups attached to an aromatic ring is 1. The van der Waals surface area contributed by atoms with Crippen molar-refractivity contribution >= 4 is 27.1 Å². The molecule has 0 aliphatic rings. The van der Waals surface area contributed by atoms with Gasteiger partial charge in [-0.1, -0.05) is 12.1 Å². The number of rotatable bonds is 3. The summed E-state index contributed by atoms with van der Waals surface area (Å²) in [6.45, 7) is 3.91. The molecular formula is C14H17N3O2S. The van der Waals surface area contributed by atoms with E-state index in [1.54, 1.807) is 12.1 Å². The van der Waals surface area contributed by atoms with E-state index in [0.29, 0.717) is 11.4 Å². The monoisotopic (exact) mass is 291 g/mol. The molecule has 5 N–H and O–H groups in total. The number of sulfonamides is 1. The van der Waals surface area contributed by atoms with Gasteiger partial charge in [-0.3, -0.25) is 0 Å². The Morgan fingerprint density at radius 3 is 2.35 bits per heavy atom. The molecule has 2 aromatic carbocycles. The maximum absolute atomic E-state index is 11.6. The number of primary sulfonamides is 1. The van der Waals surface area contributed by atoms with Crippen LogP contribution in [0, 0.1) is 13.8 Å². The maximum atomic E-state index is 11.6. The normalized spacial score (nSPS) is 11.3. The Labute approximate surface area is 118 Å². The maximum Gasteiger partial charge on any atom is 0.240 e. The van der Waals surface area contributed by atoms with E-state index in [1.165, 1.54) is 6.07 Å². The van der Waals surface area contributed by atoms with Crippen LogP contribution in [0.1, 0.15) is 11.1 Å². The summed E-state index contributed by atoms with van der Waals surface area (Å²) >= 11 is 0. The van der Waals surface area contributed by atoms with Gasteiger partial charge in [-0.2, -0.15) is 0 Å². The Hall–Kier alpha value is -2.05. The number of nitrogens with two attached hydrogens (primary N) is 2. The molecule has 2 aromatic rings. The zero-order chi connectivity index (χ0) is 14.9. The molecule has 0 amide bonds. The Kier molecular flexibility index (Phi) is 3.69. The molecule has 0 aromatic heterocycles. The topological polar surface area (TPSA) is 98.2 Å². The summed E-state index contributed by atoms with van der Waals surface area (Å²) in [5.41, 5.74) is 9.30. The third-order valence-electron chi connectivity index (χ3n) is 2.97. The molecule has 0 saturated carbocycles. The van der Waals surface area contributed by atoms with Crippen LogP contribution < -0.4 is 16.2 Å². The van der Waals surface area contributed by atoms with Crippen LogP contribution in [0.15, 0.2) is 41.3 Å². The van der Waals surface area contributed by atoms with Gasteiger partial charge in [-0.05, 0) is 49.2 Å². The zero-order valence-electron chi connectivity index (χ0n) is 11.3. The lowest BCUT2D eigenvalue weighted by atomic mass is 10.1. The molecule has 0 unspecified atom stereocenters. The van der Waals surface area contributed by atoms with Crippen molar-refractivity contribution in [1.82, 2.24) is 0 Å². The van der Waals surface area contributed by atoms with E-state index in [2.05, 4.69) is 5.32 Å². The Bertz CT molecular complexity index is 755. The summed E-state index contributed by atoms with van der Waals surface area (Å²) in [6, 6.07) is 10.5. The molecule has 0 aliphatic heterocycles. The first-order valence-corrected chi connectivity index (χ1v) is 7.58. The van der Waals surface area contributed by atoms with Crippen molar-refractivity contribution < 1.29 is 8.42 Å². The molecule has 6 heteroatoms. The number of benzene rings is 2. The van der Waals surface area contributed by atoms with Crippen molar-refractivity contribution in [2.45, 2.75) is 18.7 Å². The molecule has 106 valence electrons. The molecule has 0 radical (unpaired) electrons. The molecule has 0 spiro atoms. The van der Waals surface area contributed by atoms with Crippen LogP contribution in [0.3, 0.4) is 0 Å². The fourth-order valence-electron chi connectivity index (χ4n) is 1.89. The number of hydrogen-bond donors (Lipinski definition) is 3. The van der Waals surface area contributed by atoms with Crippen molar-refractivity contribution in [2.75, 3.05) is 11.1 Å². The predicted octanol–water partition coefficient (Wildman–Crippen LogP) is 2.28. The Morgan fingerprint density at radius 2 is 1.70 bits per heavy atom. The van der Waals surface area contributed by atoms with Crippen LogP contribution in [-0.4, -0.2) is 8.42 Å². The molecule has 20 heavy (non-hydrogen) atoms. The van der Waals surface area contributed by atoms with E-state index in [-0.39, 0.29) is 4.90 Å². The summed E-state index contributed by atoms with van der Waals surface area (Å²) in [5.74, 6) is 0. The summed E-state index contributed by atoms with van der Waals surface area (Å²) in [5, 5.41) is 8.33. The van der Waals surface area contributed by atoms with E-state index in [1.807, 2.05) is 32.0 Å². The molecule has 0 heterocycles. The van der Waals surface area contributed by atoms with Crippen molar-refractivity contribution in [1.29, 1.82) is 0 Å². The third-order valence-corrected chi connectivity index (χ3v) is 3.93. The Balaban J connectivity index is 2.52. The minimum Gasteiger partial charge on any atom is -0.399 e. The lowest BCUT2D eigenvalue weighted by Crippen LogP contribution is -2.14. The van der Waals surface area contributed by atoms with Gasteiger partial charge >= 0.3 is 0 Å². The van der Waals surface area contributed by atoms with Gasteiger partial charge in [-0.15, -0.1) is 0 Å². The average Bonchev–Trinajstić information content (AvgIpc) is 2.34. The van der Waals surface area contributed by atoms with E-state index in [0.717, 1.165) is 16.8 Å². The average molecular weight is 291 g/mol. The molecule has 0 saturated heterocycles. The van der Waals surface area contributed by atoms with Crippen molar-refractivity contribution in [3.63, 3.8) is 0 Å². The fraction of sp³-hybridized carbons (Fsp3) is 0.143. The van der Waals surface area contributed by atoms with Crippen LogP contribution in [0.25, 0.3) is 0 Å². The highest BCUT2D eigenvalue weighted by molar-refractivity contribution is 7.89. The lowest BCUT2D eigenvalue weighted by Gasteiger charge is -2.14. The number of hydrogen-bond acceptors (Lipinski definition) is 4. The molecule has 5 nitrogen and oxygen atoms in total. The van der Waals surface area contributed by atoms with Gasteiger partial charge < -0.3 is 11.1 Å². The van der Waals surface area contributed by atoms with Gasteiger partial charge in [0.1, 0.15) is 4.90 Å². The number of anilines is 3. The summed E-state index contributed by atoms with van der Waals surface area (Å²) in [7, 11) is -3.84. The number of aryl methyl sites for hydroxylation is 2. The molecular weight excluding hydrogens is 274 g/mol. The first kappa shape index (κ1) is 14.4. The van der Waals surface area contributed by atoms with Crippen LogP contribution >= 0.6 is 0 Å². The standard InChI is InChI=1S/C14H17N3O2S/c1-9-3-4-10(2)13(7-9)17-12-6-5-11(15)8-14(12)20(16,18)19/h3-8,17H,15H2,1-2H3,(H2,16,18,19). The van der Waals surface area contributed by atoms with E-state index in [4.69, 9.17) is 10.9 Å². The molecule has 0 fully saturated rings. The predicted molar refractivity (Wildman–Crippen MR) is 81.4 cm³/mol. The minimum atomic E-state index is -3.84. The lowest BCUT2D eigenvalue weighted by molar-refractivity contribution is 0.598. The van der Waals surface area contributed by atoms with Crippen molar-refractivity contribution in [3.05, 3.63) is 47.5 Å². The smallest absolute Gasteiger partial charge is 0.240 e. The fourth-order valence-corrected chi connectivity index (χ4v) is 2.62. The van der Waals surface area contributed by atoms with Crippen LogP contribution in [0.4, 0.5) is 17.1 Å². The second-order valence-electron chi connectivity index (χ2n) is 4.74. The van der Waals surface area contributed by atoms with Gasteiger partial charge in [0.25, 0.3) is 0 Å². The molecule has 0 atom stereocenters. The van der Waals surface area contributed by atoms with Crippen molar-refractivity contribution in [3.8, 4) is 0 Å². The molecule has 2 rings (SSSR count). The highest BCUT2D eigenvalue weighted by Crippen LogP contribution is 2.28. The van der Waals surface area contributed by atoms with Gasteiger partial charge in [-0.25, -0.2) is 13.6 Å². The van der Waals surface area contributed by atoms with E-state index < -0.39 is 10.0 Å². The molecule has 0 bridgehead atoms. The SMILES string of the molecule is Cc1ccc(C)c(Nc2ccc(N)cc2S(N)(=O)=O)c1. The highest BCUT2D eigenvalue weighted by Gasteiger charge is 2.15. The first-order chi connectivity index (χ1) is 9.27. The second-order valence-corrected chi connectivity index (χ2v) is 6.27. The summed E-state index contributed by atoms with van der Waals surface area (Å²) in [6.07, 6.45) is 0. The highest BCUT2D eigenvalue weighted by atomic mass is 32.2. The zero-order valence-corrected chi connectivity index (χ0v) is 12.2. The van der Waals surface area contributed by atoms with Gasteiger partial charge in [0, 0.05) is 11.4 Å². The van der Waals surface area contributed by atoms with Gasteiger partial charge in [0.05, 0.1) is 5.69 Å². The van der Waals surface area contributed by atoms with Crippen LogP contribution in [-0.2, 0) is 10.0 Å². The minimum absolute atomic E-state index is 0.0154. The van der Waals surface area contributed by atoms with E-state index in [9.17, 15) is 8.42 Å². The van der Waals surface area contributed by atoms with Crippen molar-refractivity contribution in [2.24, 2.45) is 5.14 Å². The van der Waals surface area contributed by atoms with Crippen LogP contribution in [0.5, 0.6) is 0 Å². The largest absolute Gasteiger partial charge is 0.399 e. The van der Waals surface area contributed by atoms with Crippen LogP contribution in [0.2, 0.25) is 0 Å². The first-order valence-electron chi connectivity index (χ1n) is 6.04.